The monoisotopic (exact) mass is 97.1 g/mol. The van der Waals surface area contributed by atoms with Crippen molar-refractivity contribution < 1.29 is 4.79 Å². The molecule has 0 atom stereocenters. The van der Waals surface area contributed by atoms with Gasteiger partial charge in [-0.25, -0.2) is 0 Å². The van der Waals surface area contributed by atoms with E-state index in [0.717, 1.165) is 12.8 Å². The zero-order chi connectivity index (χ0) is 5.28. The van der Waals surface area contributed by atoms with E-state index in [9.17, 15) is 4.79 Å². The Labute approximate surface area is 43.7 Å². The molecule has 7 heavy (non-hydrogen) atoms. The van der Waals surface area contributed by atoms with Crippen LogP contribution in [0.15, 0.2) is 0 Å². The summed E-state index contributed by atoms with van der Waals surface area (Å²) in [6.45, 7) is 3.50. The minimum Gasteiger partial charge on any atom is -0.299 e. The average Bonchev–Trinajstić information content (AvgIpc) is 2.44. The molecule has 0 saturated heterocycles. The summed E-state index contributed by atoms with van der Waals surface area (Å²) >= 11 is 0. The van der Waals surface area contributed by atoms with Gasteiger partial charge in [-0.15, -0.1) is 0 Å². The second-order valence-electron chi connectivity index (χ2n) is 1.99. The first kappa shape index (κ1) is 4.82. The summed E-state index contributed by atoms with van der Waals surface area (Å²) in [7, 11) is 0. The van der Waals surface area contributed by atoms with Gasteiger partial charge in [0.05, 0.1) is 0 Å². The molecular weight excluding hydrogens is 88.1 g/mol. The zero-order valence-corrected chi connectivity index (χ0v) is 4.31. The Kier molecular flexibility index (Phi) is 1.13. The van der Waals surface area contributed by atoms with Gasteiger partial charge in [0.2, 0.25) is 0 Å². The second-order valence-corrected chi connectivity index (χ2v) is 1.99. The van der Waals surface area contributed by atoms with Crippen LogP contribution in [-0.4, -0.2) is 5.78 Å². The van der Waals surface area contributed by atoms with Gasteiger partial charge in [-0.1, -0.05) is 0 Å². The molecule has 0 amide bonds. The van der Waals surface area contributed by atoms with Gasteiger partial charge in [0.1, 0.15) is 5.78 Å². The number of carbonyl (C=O) groups excluding carboxylic acids is 1. The predicted molar refractivity (Wildman–Crippen MR) is 27.7 cm³/mol. The first-order valence-electron chi connectivity index (χ1n) is 2.66. The number of ketones is 1. The van der Waals surface area contributed by atoms with Crippen molar-refractivity contribution in [2.24, 2.45) is 5.92 Å². The molecule has 0 unspecified atom stereocenters. The number of Topliss-reactive ketones (excluding diaryl/α,β-unsaturated/α-hetero) is 1. The van der Waals surface area contributed by atoms with Crippen LogP contribution in [0.25, 0.3) is 0 Å². The van der Waals surface area contributed by atoms with Crippen molar-refractivity contribution >= 4 is 5.78 Å². The van der Waals surface area contributed by atoms with Gasteiger partial charge in [-0.2, -0.15) is 0 Å². The fourth-order valence-corrected chi connectivity index (χ4v) is 0.609. The Morgan fingerprint density at radius 1 is 1.71 bits per heavy atom. The fourth-order valence-electron chi connectivity index (χ4n) is 0.609. The summed E-state index contributed by atoms with van der Waals surface area (Å²) in [5.41, 5.74) is 0. The van der Waals surface area contributed by atoms with Gasteiger partial charge in [-0.3, -0.25) is 4.79 Å². The van der Waals surface area contributed by atoms with Crippen LogP contribution in [0.3, 0.4) is 0 Å². The van der Waals surface area contributed by atoms with Crippen molar-refractivity contribution in [1.29, 1.82) is 0 Å². The number of rotatable bonds is 2. The number of carbonyl (C=O) groups is 1. The topological polar surface area (TPSA) is 17.1 Å². The fraction of sp³-hybridized carbons (Fsp3) is 0.667. The Morgan fingerprint density at radius 2 is 2.29 bits per heavy atom. The van der Waals surface area contributed by atoms with Crippen molar-refractivity contribution in [2.75, 3.05) is 0 Å². The normalized spacial score (nSPS) is 19.6. The van der Waals surface area contributed by atoms with E-state index < -0.39 is 0 Å². The highest BCUT2D eigenvalue weighted by molar-refractivity contribution is 5.83. The van der Waals surface area contributed by atoms with E-state index in [4.69, 9.17) is 0 Å². The van der Waals surface area contributed by atoms with Crippen LogP contribution >= 0.6 is 0 Å². The Bertz CT molecular complexity index is 82.2. The minimum atomic E-state index is 0.347. The summed E-state index contributed by atoms with van der Waals surface area (Å²) in [5, 5.41) is 0. The van der Waals surface area contributed by atoms with Gasteiger partial charge >= 0.3 is 0 Å². The van der Waals surface area contributed by atoms with E-state index >= 15 is 0 Å². The minimum absolute atomic E-state index is 0.347. The molecule has 1 saturated carbocycles. The molecule has 0 bridgehead atoms. The highest BCUT2D eigenvalue weighted by atomic mass is 16.1. The number of hydrogen-bond donors (Lipinski definition) is 0. The van der Waals surface area contributed by atoms with Crippen molar-refractivity contribution in [3.63, 3.8) is 0 Å². The second kappa shape index (κ2) is 1.65. The smallest absolute Gasteiger partial charge is 0.135 e. The predicted octanol–water partition coefficient (Wildman–Crippen LogP) is 1.19. The summed E-state index contributed by atoms with van der Waals surface area (Å²) in [4.78, 5) is 10.5. The van der Waals surface area contributed by atoms with E-state index in [-0.39, 0.29) is 0 Å². The van der Waals surface area contributed by atoms with Crippen molar-refractivity contribution in [3.8, 4) is 0 Å². The van der Waals surface area contributed by atoms with E-state index in [0.29, 0.717) is 18.1 Å². The maximum atomic E-state index is 10.5. The quantitative estimate of drug-likeness (QED) is 0.505. The van der Waals surface area contributed by atoms with E-state index in [1.165, 1.54) is 0 Å². The Hall–Kier alpha value is -0.330. The molecule has 0 aliphatic heterocycles. The third-order valence-corrected chi connectivity index (χ3v) is 1.28. The van der Waals surface area contributed by atoms with Crippen molar-refractivity contribution in [1.82, 2.24) is 0 Å². The largest absolute Gasteiger partial charge is 0.299 e. The lowest BCUT2D eigenvalue weighted by Gasteiger charge is -1.84. The molecule has 1 fully saturated rings. The summed E-state index contributed by atoms with van der Waals surface area (Å²) in [6, 6.07) is 0. The molecule has 39 valence electrons. The highest BCUT2D eigenvalue weighted by Crippen LogP contribution is 2.30. The summed E-state index contributed by atoms with van der Waals surface area (Å²) < 4.78 is 0. The molecule has 1 aliphatic carbocycles. The molecule has 1 aliphatic rings. The van der Waals surface area contributed by atoms with Crippen LogP contribution in [0.4, 0.5) is 0 Å². The molecule has 1 heteroatoms. The van der Waals surface area contributed by atoms with Crippen LogP contribution < -0.4 is 0 Å². The lowest BCUT2D eigenvalue weighted by molar-refractivity contribution is -0.119. The molecule has 1 radical (unpaired) electrons. The van der Waals surface area contributed by atoms with E-state index in [1.807, 2.05) is 0 Å². The number of hydrogen-bond acceptors (Lipinski definition) is 1. The molecular formula is C6H9O. The van der Waals surface area contributed by atoms with E-state index in [2.05, 4.69) is 6.92 Å². The maximum Gasteiger partial charge on any atom is 0.135 e. The first-order chi connectivity index (χ1) is 3.34. The molecule has 0 aromatic carbocycles. The van der Waals surface area contributed by atoms with Crippen LogP contribution in [-0.2, 0) is 4.79 Å². The third kappa shape index (κ3) is 1.02. The summed E-state index contributed by atoms with van der Waals surface area (Å²) in [5.74, 6) is 0.762. The average molecular weight is 97.1 g/mol. The third-order valence-electron chi connectivity index (χ3n) is 1.28. The van der Waals surface area contributed by atoms with Gasteiger partial charge in [0.25, 0.3) is 0 Å². The maximum absolute atomic E-state index is 10.5. The van der Waals surface area contributed by atoms with Crippen LogP contribution in [0.2, 0.25) is 0 Å². The van der Waals surface area contributed by atoms with E-state index in [1.54, 1.807) is 0 Å². The molecule has 0 aromatic heterocycles. The molecule has 1 nitrogen and oxygen atoms in total. The van der Waals surface area contributed by atoms with Gasteiger partial charge < -0.3 is 0 Å². The molecule has 0 N–H and O–H groups in total. The molecule has 0 aromatic rings. The van der Waals surface area contributed by atoms with Crippen LogP contribution in [0, 0.1) is 12.8 Å². The van der Waals surface area contributed by atoms with Crippen molar-refractivity contribution in [3.05, 3.63) is 6.92 Å². The Morgan fingerprint density at radius 3 is 2.43 bits per heavy atom. The van der Waals surface area contributed by atoms with Crippen LogP contribution in [0.1, 0.15) is 19.3 Å². The van der Waals surface area contributed by atoms with Crippen molar-refractivity contribution in [2.45, 2.75) is 19.3 Å². The lowest BCUT2D eigenvalue weighted by Crippen LogP contribution is -1.95. The highest BCUT2D eigenvalue weighted by Gasteiger charge is 2.27. The first-order valence-corrected chi connectivity index (χ1v) is 2.66. The Balaban J connectivity index is 2.24. The zero-order valence-electron chi connectivity index (χ0n) is 4.31. The summed E-state index contributed by atoms with van der Waals surface area (Å²) in [6.07, 6.45) is 2.73. The van der Waals surface area contributed by atoms with Gasteiger partial charge in [0, 0.05) is 12.3 Å². The standard InChI is InChI=1S/C6H9O/c1-2-6(7)5-3-4-5/h5H,1-4H2. The molecule has 0 spiro atoms. The van der Waals surface area contributed by atoms with Gasteiger partial charge in [0.15, 0.2) is 0 Å². The van der Waals surface area contributed by atoms with Crippen LogP contribution in [0.5, 0.6) is 0 Å². The SMILES string of the molecule is [CH2]CC(=O)C1CC1. The molecule has 1 rings (SSSR count). The lowest BCUT2D eigenvalue weighted by atomic mass is 10.2. The van der Waals surface area contributed by atoms with Gasteiger partial charge in [-0.05, 0) is 19.8 Å². The molecule has 0 heterocycles.